The number of sulfonamides is 1. The molecule has 1 heterocycles. The van der Waals surface area contributed by atoms with E-state index in [1.165, 1.54) is 13.8 Å². The van der Waals surface area contributed by atoms with Crippen LogP contribution in [-0.4, -0.2) is 35.7 Å². The lowest BCUT2D eigenvalue weighted by molar-refractivity contribution is -0.120. The maximum absolute atomic E-state index is 12.3. The molecule has 7 nitrogen and oxygen atoms in total. The number of hydrogen-bond acceptors (Lipinski definition) is 4. The minimum atomic E-state index is -3.49. The van der Waals surface area contributed by atoms with Gasteiger partial charge in [-0.05, 0) is 52.0 Å². The standard InChI is InChI=1S/C16H22N4O3S/c1-11-12(2)20(10-17-11)14-8-6-13(7-9-14)18-15(21)16(3,4)19-24(5,22)23/h6-10,19H,1-5H3,(H,18,21). The SMILES string of the molecule is Cc1ncn(-c2ccc(NC(=O)C(C)(C)NS(C)(=O)=O)cc2)c1C. The van der Waals surface area contributed by atoms with E-state index < -0.39 is 21.5 Å². The van der Waals surface area contributed by atoms with Crippen molar-refractivity contribution in [3.63, 3.8) is 0 Å². The molecule has 130 valence electrons. The van der Waals surface area contributed by atoms with E-state index in [1.807, 2.05) is 30.5 Å². The number of aromatic nitrogens is 2. The van der Waals surface area contributed by atoms with E-state index in [0.717, 1.165) is 23.3 Å². The molecule has 1 aromatic heterocycles. The van der Waals surface area contributed by atoms with Crippen molar-refractivity contribution < 1.29 is 13.2 Å². The van der Waals surface area contributed by atoms with Crippen LogP contribution in [0.2, 0.25) is 0 Å². The Hall–Kier alpha value is -2.19. The summed E-state index contributed by atoms with van der Waals surface area (Å²) in [7, 11) is -3.49. The van der Waals surface area contributed by atoms with Gasteiger partial charge in [-0.15, -0.1) is 0 Å². The Kier molecular flexibility index (Phi) is 4.82. The number of imidazole rings is 1. The predicted molar refractivity (Wildman–Crippen MR) is 93.7 cm³/mol. The third-order valence-corrected chi connectivity index (χ3v) is 4.54. The molecule has 1 amide bonds. The van der Waals surface area contributed by atoms with Gasteiger partial charge in [-0.3, -0.25) is 4.79 Å². The Morgan fingerprint density at radius 3 is 2.21 bits per heavy atom. The molecule has 0 bridgehead atoms. The average Bonchev–Trinajstić information content (AvgIpc) is 2.77. The van der Waals surface area contributed by atoms with Gasteiger partial charge in [0.1, 0.15) is 5.54 Å². The number of hydrogen-bond donors (Lipinski definition) is 2. The highest BCUT2D eigenvalue weighted by Gasteiger charge is 2.30. The number of carbonyl (C=O) groups is 1. The third kappa shape index (κ3) is 4.21. The number of aryl methyl sites for hydroxylation is 1. The molecule has 0 saturated carbocycles. The second-order valence-corrected chi connectivity index (χ2v) is 8.03. The van der Waals surface area contributed by atoms with Crippen LogP contribution in [0.15, 0.2) is 30.6 Å². The van der Waals surface area contributed by atoms with Crippen LogP contribution in [-0.2, 0) is 14.8 Å². The first kappa shape index (κ1) is 18.2. The van der Waals surface area contributed by atoms with E-state index in [4.69, 9.17) is 0 Å². The molecule has 8 heteroatoms. The lowest BCUT2D eigenvalue weighted by atomic mass is 10.1. The van der Waals surface area contributed by atoms with E-state index >= 15 is 0 Å². The van der Waals surface area contributed by atoms with E-state index in [0.29, 0.717) is 5.69 Å². The molecule has 0 radical (unpaired) electrons. The first-order chi connectivity index (χ1) is 11.0. The van der Waals surface area contributed by atoms with Gasteiger partial charge in [0, 0.05) is 17.1 Å². The molecule has 0 saturated heterocycles. The zero-order valence-electron chi connectivity index (χ0n) is 14.4. The Balaban J connectivity index is 2.14. The molecule has 0 spiro atoms. The number of nitrogens with zero attached hydrogens (tertiary/aromatic N) is 2. The van der Waals surface area contributed by atoms with E-state index in [-0.39, 0.29) is 0 Å². The molecular formula is C16H22N4O3S. The van der Waals surface area contributed by atoms with Crippen LogP contribution in [0.1, 0.15) is 25.2 Å². The van der Waals surface area contributed by atoms with E-state index in [2.05, 4.69) is 15.0 Å². The summed E-state index contributed by atoms with van der Waals surface area (Å²) in [5.74, 6) is -0.435. The summed E-state index contributed by atoms with van der Waals surface area (Å²) in [6.45, 7) is 6.94. The number of nitrogens with one attached hydrogen (secondary N) is 2. The zero-order chi connectivity index (χ0) is 18.1. The summed E-state index contributed by atoms with van der Waals surface area (Å²) < 4.78 is 26.9. The molecule has 0 aliphatic carbocycles. The molecule has 0 atom stereocenters. The van der Waals surface area contributed by atoms with Crippen molar-refractivity contribution in [2.75, 3.05) is 11.6 Å². The summed E-state index contributed by atoms with van der Waals surface area (Å²) in [5.41, 5.74) is 2.28. The van der Waals surface area contributed by atoms with Gasteiger partial charge in [0.05, 0.1) is 18.3 Å². The van der Waals surface area contributed by atoms with Crippen molar-refractivity contribution in [3.8, 4) is 5.69 Å². The fraction of sp³-hybridized carbons (Fsp3) is 0.375. The molecule has 0 unspecified atom stereocenters. The minimum absolute atomic E-state index is 0.435. The fourth-order valence-electron chi connectivity index (χ4n) is 2.26. The molecule has 2 N–H and O–H groups in total. The normalized spacial score (nSPS) is 12.2. The Bertz CT molecular complexity index is 852. The van der Waals surface area contributed by atoms with Crippen molar-refractivity contribution >= 4 is 21.6 Å². The topological polar surface area (TPSA) is 93.1 Å². The van der Waals surface area contributed by atoms with E-state index in [1.54, 1.807) is 18.5 Å². The van der Waals surface area contributed by atoms with Gasteiger partial charge in [0.25, 0.3) is 0 Å². The zero-order valence-corrected chi connectivity index (χ0v) is 15.2. The lowest BCUT2D eigenvalue weighted by Crippen LogP contribution is -2.51. The molecule has 2 rings (SSSR count). The molecule has 2 aromatic rings. The average molecular weight is 350 g/mol. The van der Waals surface area contributed by atoms with E-state index in [9.17, 15) is 13.2 Å². The maximum Gasteiger partial charge on any atom is 0.245 e. The Morgan fingerprint density at radius 2 is 1.75 bits per heavy atom. The van der Waals surface area contributed by atoms with Crippen molar-refractivity contribution in [2.45, 2.75) is 33.2 Å². The summed E-state index contributed by atoms with van der Waals surface area (Å²) >= 11 is 0. The van der Waals surface area contributed by atoms with Crippen LogP contribution in [0.3, 0.4) is 0 Å². The number of rotatable bonds is 5. The predicted octanol–water partition coefficient (Wildman–Crippen LogP) is 1.76. The van der Waals surface area contributed by atoms with Crippen molar-refractivity contribution in [3.05, 3.63) is 42.0 Å². The van der Waals surface area contributed by atoms with Gasteiger partial charge >= 0.3 is 0 Å². The van der Waals surface area contributed by atoms with Gasteiger partial charge < -0.3 is 9.88 Å². The van der Waals surface area contributed by atoms with Gasteiger partial charge in [-0.1, -0.05) is 0 Å². The fourth-order valence-corrected chi connectivity index (χ4v) is 3.28. The Labute approximate surface area is 142 Å². The Morgan fingerprint density at radius 1 is 1.17 bits per heavy atom. The second kappa shape index (κ2) is 6.37. The molecule has 0 fully saturated rings. The largest absolute Gasteiger partial charge is 0.324 e. The molecule has 0 aliphatic rings. The maximum atomic E-state index is 12.3. The smallest absolute Gasteiger partial charge is 0.245 e. The molecular weight excluding hydrogens is 328 g/mol. The van der Waals surface area contributed by atoms with Crippen LogP contribution in [0.25, 0.3) is 5.69 Å². The first-order valence-corrected chi connectivity index (χ1v) is 9.30. The number of carbonyl (C=O) groups excluding carboxylic acids is 1. The highest BCUT2D eigenvalue weighted by atomic mass is 32.2. The van der Waals surface area contributed by atoms with Gasteiger partial charge in [-0.2, -0.15) is 0 Å². The van der Waals surface area contributed by atoms with Crippen LogP contribution in [0, 0.1) is 13.8 Å². The quantitative estimate of drug-likeness (QED) is 0.859. The summed E-state index contributed by atoms with van der Waals surface area (Å²) in [6.07, 6.45) is 2.77. The number of amides is 1. The summed E-state index contributed by atoms with van der Waals surface area (Å²) in [5, 5.41) is 2.71. The monoisotopic (exact) mass is 350 g/mol. The van der Waals surface area contributed by atoms with Gasteiger partial charge in [0.15, 0.2) is 0 Å². The van der Waals surface area contributed by atoms with Gasteiger partial charge in [0.2, 0.25) is 15.9 Å². The van der Waals surface area contributed by atoms with Crippen molar-refractivity contribution in [2.24, 2.45) is 0 Å². The summed E-state index contributed by atoms with van der Waals surface area (Å²) in [6, 6.07) is 7.25. The van der Waals surface area contributed by atoms with Crippen LogP contribution >= 0.6 is 0 Å². The number of anilines is 1. The van der Waals surface area contributed by atoms with Crippen molar-refractivity contribution in [1.29, 1.82) is 0 Å². The van der Waals surface area contributed by atoms with Crippen LogP contribution in [0.4, 0.5) is 5.69 Å². The van der Waals surface area contributed by atoms with Crippen LogP contribution in [0.5, 0.6) is 0 Å². The van der Waals surface area contributed by atoms with Gasteiger partial charge in [-0.25, -0.2) is 18.1 Å². The second-order valence-electron chi connectivity index (χ2n) is 6.29. The lowest BCUT2D eigenvalue weighted by Gasteiger charge is -2.23. The third-order valence-electron chi connectivity index (χ3n) is 3.66. The van der Waals surface area contributed by atoms with Crippen LogP contribution < -0.4 is 10.0 Å². The van der Waals surface area contributed by atoms with Crippen molar-refractivity contribution in [1.82, 2.24) is 14.3 Å². The number of benzene rings is 1. The summed E-state index contributed by atoms with van der Waals surface area (Å²) in [4.78, 5) is 16.5. The highest BCUT2D eigenvalue weighted by molar-refractivity contribution is 7.88. The molecule has 24 heavy (non-hydrogen) atoms. The minimum Gasteiger partial charge on any atom is -0.324 e. The molecule has 1 aromatic carbocycles. The highest BCUT2D eigenvalue weighted by Crippen LogP contribution is 2.18. The molecule has 0 aliphatic heterocycles. The first-order valence-electron chi connectivity index (χ1n) is 7.41.